The van der Waals surface area contributed by atoms with E-state index < -0.39 is 0 Å². The van der Waals surface area contributed by atoms with Gasteiger partial charge in [-0.3, -0.25) is 0 Å². The predicted molar refractivity (Wildman–Crippen MR) is 38.4 cm³/mol. The summed E-state index contributed by atoms with van der Waals surface area (Å²) in [7, 11) is 0. The molecule has 1 nitrogen and oxygen atoms in total. The van der Waals surface area contributed by atoms with Crippen LogP contribution in [0.3, 0.4) is 0 Å². The van der Waals surface area contributed by atoms with Gasteiger partial charge in [-0.25, -0.2) is 0 Å². The zero-order chi connectivity index (χ0) is 7.15. The molecule has 5 atom stereocenters. The molecule has 4 unspecified atom stereocenters. The number of rotatable bonds is 0. The Morgan fingerprint density at radius 3 is 1.80 bits per heavy atom. The third-order valence-corrected chi connectivity index (χ3v) is 4.79. The Bertz CT molecular complexity index is 195. The highest BCUT2D eigenvalue weighted by Gasteiger charge is 2.83. The van der Waals surface area contributed by atoms with Crippen molar-refractivity contribution in [2.24, 2.45) is 22.7 Å². The molecule has 4 rings (SSSR count). The Kier molecular flexibility index (Phi) is 0.602. The second-order valence-corrected chi connectivity index (χ2v) is 4.97. The Morgan fingerprint density at radius 2 is 1.70 bits per heavy atom. The van der Waals surface area contributed by atoms with E-state index in [1.165, 1.54) is 12.8 Å². The molecule has 0 amide bonds. The number of aliphatic hydroxyl groups excluding tert-OH is 1. The second kappa shape index (κ2) is 1.08. The van der Waals surface area contributed by atoms with Crippen LogP contribution in [0.25, 0.3) is 0 Å². The summed E-state index contributed by atoms with van der Waals surface area (Å²) in [6.45, 7) is 4.71. The molecule has 1 heteroatoms. The molecule has 4 aliphatic carbocycles. The summed E-state index contributed by atoms with van der Waals surface area (Å²) >= 11 is 0. The van der Waals surface area contributed by atoms with E-state index in [0.29, 0.717) is 22.7 Å². The first-order valence-corrected chi connectivity index (χ1v) is 4.28. The lowest BCUT2D eigenvalue weighted by Gasteiger charge is -2.03. The molecule has 0 aromatic heterocycles. The van der Waals surface area contributed by atoms with Gasteiger partial charge in [-0.2, -0.15) is 0 Å². The molecular formula is C9H14O. The molecule has 0 aromatic carbocycles. The Labute approximate surface area is 61.4 Å². The van der Waals surface area contributed by atoms with Crippen LogP contribution < -0.4 is 0 Å². The molecule has 4 aliphatic rings. The van der Waals surface area contributed by atoms with Gasteiger partial charge >= 0.3 is 0 Å². The highest BCUT2D eigenvalue weighted by Crippen LogP contribution is 2.86. The molecule has 4 fully saturated rings. The van der Waals surface area contributed by atoms with Gasteiger partial charge in [0.2, 0.25) is 0 Å². The van der Waals surface area contributed by atoms with E-state index in [0.717, 1.165) is 0 Å². The van der Waals surface area contributed by atoms with Crippen LogP contribution >= 0.6 is 0 Å². The molecule has 4 saturated carbocycles. The van der Waals surface area contributed by atoms with Crippen LogP contribution in [-0.4, -0.2) is 11.2 Å². The van der Waals surface area contributed by atoms with Crippen molar-refractivity contribution in [3.05, 3.63) is 0 Å². The topological polar surface area (TPSA) is 20.2 Å². The molecule has 0 radical (unpaired) electrons. The van der Waals surface area contributed by atoms with Gasteiger partial charge in [0, 0.05) is 0 Å². The maximum Gasteiger partial charge on any atom is 0.0607 e. The maximum absolute atomic E-state index is 9.68. The SMILES string of the molecule is CC12CC3C[C@@]1(C)C2C3O. The lowest BCUT2D eigenvalue weighted by molar-refractivity contribution is 0.133. The fraction of sp³-hybridized carbons (Fsp3) is 1.00. The molecule has 0 aliphatic heterocycles. The Morgan fingerprint density at radius 1 is 1.20 bits per heavy atom. The van der Waals surface area contributed by atoms with Crippen LogP contribution in [-0.2, 0) is 0 Å². The largest absolute Gasteiger partial charge is 0.393 e. The van der Waals surface area contributed by atoms with E-state index in [1.54, 1.807) is 0 Å². The summed E-state index contributed by atoms with van der Waals surface area (Å²) < 4.78 is 0. The van der Waals surface area contributed by atoms with Gasteiger partial charge in [-0.1, -0.05) is 13.8 Å². The Balaban J connectivity index is 2.14. The van der Waals surface area contributed by atoms with Crippen molar-refractivity contribution in [2.75, 3.05) is 0 Å². The lowest BCUT2D eigenvalue weighted by Crippen LogP contribution is -2.09. The molecule has 0 aromatic rings. The molecular weight excluding hydrogens is 124 g/mol. The summed E-state index contributed by atoms with van der Waals surface area (Å²) in [6.07, 6.45) is 2.67. The van der Waals surface area contributed by atoms with Gasteiger partial charge in [0.15, 0.2) is 0 Å². The quantitative estimate of drug-likeness (QED) is 0.536. The summed E-state index contributed by atoms with van der Waals surface area (Å²) in [4.78, 5) is 0. The van der Waals surface area contributed by atoms with Crippen molar-refractivity contribution in [2.45, 2.75) is 32.8 Å². The van der Waals surface area contributed by atoms with Gasteiger partial charge in [0.1, 0.15) is 0 Å². The van der Waals surface area contributed by atoms with Gasteiger partial charge in [0.25, 0.3) is 0 Å². The fourth-order valence-corrected chi connectivity index (χ4v) is 4.15. The van der Waals surface area contributed by atoms with Crippen LogP contribution in [0.4, 0.5) is 0 Å². The summed E-state index contributed by atoms with van der Waals surface area (Å²) in [6, 6.07) is 0. The Hall–Kier alpha value is -0.0400. The summed E-state index contributed by atoms with van der Waals surface area (Å²) in [5.74, 6) is 1.34. The normalized spacial score (nSPS) is 76.5. The highest BCUT2D eigenvalue weighted by atomic mass is 16.3. The molecule has 10 heavy (non-hydrogen) atoms. The zero-order valence-electron chi connectivity index (χ0n) is 6.59. The van der Waals surface area contributed by atoms with Gasteiger partial charge in [0.05, 0.1) is 6.10 Å². The van der Waals surface area contributed by atoms with Gasteiger partial charge in [-0.05, 0) is 35.5 Å². The van der Waals surface area contributed by atoms with Crippen LogP contribution in [0.1, 0.15) is 26.7 Å². The maximum atomic E-state index is 9.68. The lowest BCUT2D eigenvalue weighted by atomic mass is 10.0. The minimum absolute atomic E-state index is 0.0648. The zero-order valence-corrected chi connectivity index (χ0v) is 6.59. The third-order valence-electron chi connectivity index (χ3n) is 4.79. The van der Waals surface area contributed by atoms with Crippen LogP contribution in [0.2, 0.25) is 0 Å². The van der Waals surface area contributed by atoms with E-state index >= 15 is 0 Å². The highest BCUT2D eigenvalue weighted by molar-refractivity contribution is 5.31. The summed E-state index contributed by atoms with van der Waals surface area (Å²) in [5.41, 5.74) is 1.11. The molecule has 0 saturated heterocycles. The second-order valence-electron chi connectivity index (χ2n) is 4.97. The van der Waals surface area contributed by atoms with Crippen LogP contribution in [0, 0.1) is 22.7 Å². The third kappa shape index (κ3) is 0.282. The van der Waals surface area contributed by atoms with E-state index in [2.05, 4.69) is 13.8 Å². The van der Waals surface area contributed by atoms with Crippen LogP contribution in [0.5, 0.6) is 0 Å². The van der Waals surface area contributed by atoms with Crippen molar-refractivity contribution in [3.63, 3.8) is 0 Å². The number of aliphatic hydroxyl groups is 1. The smallest absolute Gasteiger partial charge is 0.0607 e. The van der Waals surface area contributed by atoms with Gasteiger partial charge in [-0.15, -0.1) is 0 Å². The summed E-state index contributed by atoms with van der Waals surface area (Å²) in [5, 5.41) is 9.68. The average molecular weight is 138 g/mol. The van der Waals surface area contributed by atoms with E-state index in [1.807, 2.05) is 0 Å². The van der Waals surface area contributed by atoms with Gasteiger partial charge < -0.3 is 5.11 Å². The van der Waals surface area contributed by atoms with Crippen molar-refractivity contribution in [1.29, 1.82) is 0 Å². The van der Waals surface area contributed by atoms with Crippen molar-refractivity contribution in [1.82, 2.24) is 0 Å². The van der Waals surface area contributed by atoms with E-state index in [4.69, 9.17) is 0 Å². The predicted octanol–water partition coefficient (Wildman–Crippen LogP) is 1.41. The first-order chi connectivity index (χ1) is 4.59. The molecule has 1 N–H and O–H groups in total. The minimum Gasteiger partial charge on any atom is -0.393 e. The van der Waals surface area contributed by atoms with Crippen molar-refractivity contribution in [3.8, 4) is 0 Å². The van der Waals surface area contributed by atoms with E-state index in [9.17, 15) is 5.11 Å². The molecule has 56 valence electrons. The monoisotopic (exact) mass is 138 g/mol. The molecule has 0 spiro atoms. The average Bonchev–Trinajstić information content (AvgIpc) is 2.18. The minimum atomic E-state index is 0.0648. The first-order valence-electron chi connectivity index (χ1n) is 4.28. The van der Waals surface area contributed by atoms with E-state index in [-0.39, 0.29) is 6.10 Å². The number of hydrogen-bond acceptors (Lipinski definition) is 1. The molecule has 0 heterocycles. The van der Waals surface area contributed by atoms with Crippen molar-refractivity contribution >= 4 is 0 Å². The standard InChI is InChI=1S/C9H14O/c1-8-3-5-4-9(8,2)7(8)6(5)10/h5-7,10H,3-4H2,1-2H3/t5?,6?,7?,8-,9?/m0/s1. The number of hydrogen-bond donors (Lipinski definition) is 1. The fourth-order valence-electron chi connectivity index (χ4n) is 4.15. The van der Waals surface area contributed by atoms with Crippen molar-refractivity contribution < 1.29 is 5.11 Å². The van der Waals surface area contributed by atoms with Crippen LogP contribution in [0.15, 0.2) is 0 Å². The first kappa shape index (κ1) is 5.59. The molecule has 4 bridgehead atoms.